The first kappa shape index (κ1) is 22.6. The molecule has 1 heterocycles. The Morgan fingerprint density at radius 3 is 2.55 bits per heavy atom. The van der Waals surface area contributed by atoms with Crippen molar-refractivity contribution in [1.82, 2.24) is 4.90 Å². The zero-order valence-electron chi connectivity index (χ0n) is 18.4. The third kappa shape index (κ3) is 4.02. The molecule has 3 aliphatic rings. The molecule has 1 saturated carbocycles. The van der Waals surface area contributed by atoms with Crippen LogP contribution in [0.1, 0.15) is 43.2 Å². The van der Waals surface area contributed by atoms with Gasteiger partial charge >= 0.3 is 0 Å². The molecule has 0 bridgehead atoms. The summed E-state index contributed by atoms with van der Waals surface area (Å²) in [5.74, 6) is -0.209. The van der Waals surface area contributed by atoms with Crippen molar-refractivity contribution in [2.24, 2.45) is 0 Å². The summed E-state index contributed by atoms with van der Waals surface area (Å²) >= 11 is 5.77. The van der Waals surface area contributed by atoms with E-state index in [9.17, 15) is 17.6 Å². The molecule has 176 valence electrons. The van der Waals surface area contributed by atoms with Crippen LogP contribution in [0.25, 0.3) is 0 Å². The van der Waals surface area contributed by atoms with Gasteiger partial charge in [-0.05, 0) is 62.6 Å². The highest BCUT2D eigenvalue weighted by Crippen LogP contribution is 2.53. The van der Waals surface area contributed by atoms with E-state index in [-0.39, 0.29) is 22.6 Å². The van der Waals surface area contributed by atoms with E-state index in [2.05, 4.69) is 16.7 Å². The first-order valence-electron chi connectivity index (χ1n) is 11.2. The molecule has 0 radical (unpaired) electrons. The van der Waals surface area contributed by atoms with Gasteiger partial charge in [0.05, 0.1) is 11.1 Å². The van der Waals surface area contributed by atoms with Crippen LogP contribution in [0.2, 0.25) is 5.02 Å². The average Bonchev–Trinajstić information content (AvgIpc) is 3.01. The van der Waals surface area contributed by atoms with Gasteiger partial charge in [-0.1, -0.05) is 18.0 Å². The number of ketones is 1. The molecule has 0 amide bonds. The molecule has 1 aliphatic heterocycles. The second-order valence-electron chi connectivity index (χ2n) is 9.34. The summed E-state index contributed by atoms with van der Waals surface area (Å²) in [5.41, 5.74) is 1.43. The predicted octanol–water partition coefficient (Wildman–Crippen LogP) is 4.30. The normalized spacial score (nSPS) is 20.5. The lowest BCUT2D eigenvalue weighted by Crippen LogP contribution is -2.39. The number of Topliss-reactive ketones (excluding diaryl/α,β-unsaturated/α-hetero) is 1. The Bertz CT molecular complexity index is 1220. The average molecular weight is 493 g/mol. The summed E-state index contributed by atoms with van der Waals surface area (Å²) in [5, 5.41) is 0.114. The number of halogens is 2. The van der Waals surface area contributed by atoms with Crippen LogP contribution in [0.15, 0.2) is 35.2 Å². The Balaban J connectivity index is 1.52. The fraction of sp³-hybridized carbons (Fsp3) is 0.458. The van der Waals surface area contributed by atoms with E-state index in [4.69, 9.17) is 16.3 Å². The number of rotatable bonds is 5. The van der Waals surface area contributed by atoms with Gasteiger partial charge < -0.3 is 9.64 Å². The molecule has 33 heavy (non-hydrogen) atoms. The molecule has 2 fully saturated rings. The Hall–Kier alpha value is -2.16. The van der Waals surface area contributed by atoms with Gasteiger partial charge in [0.1, 0.15) is 28.3 Å². The molecule has 6 nitrogen and oxygen atoms in total. The van der Waals surface area contributed by atoms with Crippen LogP contribution in [0.4, 0.5) is 10.1 Å². The number of hydrogen-bond donors (Lipinski definition) is 1. The van der Waals surface area contributed by atoms with Crippen molar-refractivity contribution in [3.05, 3.63) is 52.3 Å². The maximum Gasteiger partial charge on any atom is 0.264 e. The number of anilines is 1. The topological polar surface area (TPSA) is 75.7 Å². The molecule has 1 saturated heterocycles. The largest absolute Gasteiger partial charge is 0.490 e. The minimum absolute atomic E-state index is 0.00101. The van der Waals surface area contributed by atoms with Gasteiger partial charge in [0.2, 0.25) is 0 Å². The summed E-state index contributed by atoms with van der Waals surface area (Å²) < 4.78 is 49.1. The molecule has 0 aromatic heterocycles. The lowest BCUT2D eigenvalue weighted by molar-refractivity contribution is -0.125. The number of benzene rings is 2. The van der Waals surface area contributed by atoms with Gasteiger partial charge in [-0.15, -0.1) is 0 Å². The number of carbonyl (C=O) groups is 1. The number of hydrogen-bond acceptors (Lipinski definition) is 5. The van der Waals surface area contributed by atoms with E-state index < -0.39 is 26.2 Å². The molecule has 2 aromatic carbocycles. The Kier molecular flexibility index (Phi) is 5.66. The number of fused-ring (bicyclic) bond motifs is 2. The highest BCUT2D eigenvalue weighted by Gasteiger charge is 2.51. The van der Waals surface area contributed by atoms with Gasteiger partial charge in [0.25, 0.3) is 10.0 Å². The SMILES string of the molecule is CN1CCC(Oc2cc(NS(=O)(=O)c3ccc(Cl)cc3F)cc3c2CC(=O)C32CCC2)CC1. The summed E-state index contributed by atoms with van der Waals surface area (Å²) in [7, 11) is -2.14. The first-order chi connectivity index (χ1) is 15.7. The van der Waals surface area contributed by atoms with Gasteiger partial charge in [0, 0.05) is 36.2 Å². The van der Waals surface area contributed by atoms with Gasteiger partial charge in [0.15, 0.2) is 0 Å². The number of nitrogens with zero attached hydrogens (tertiary/aromatic N) is 1. The van der Waals surface area contributed by atoms with Crippen LogP contribution in [0, 0.1) is 5.82 Å². The molecule has 5 rings (SSSR count). The van der Waals surface area contributed by atoms with Gasteiger partial charge in [-0.25, -0.2) is 12.8 Å². The van der Waals surface area contributed by atoms with Crippen LogP contribution in [-0.2, 0) is 26.7 Å². The summed E-state index contributed by atoms with van der Waals surface area (Å²) in [6.07, 6.45) is 4.49. The minimum atomic E-state index is -4.21. The first-order valence-corrected chi connectivity index (χ1v) is 13.1. The van der Waals surface area contributed by atoms with E-state index in [1.165, 1.54) is 6.07 Å². The second-order valence-corrected chi connectivity index (χ2v) is 11.4. The van der Waals surface area contributed by atoms with Crippen molar-refractivity contribution >= 4 is 33.1 Å². The van der Waals surface area contributed by atoms with Crippen LogP contribution in [0.3, 0.4) is 0 Å². The fourth-order valence-electron chi connectivity index (χ4n) is 5.16. The van der Waals surface area contributed by atoms with Crippen LogP contribution in [-0.4, -0.2) is 45.3 Å². The van der Waals surface area contributed by atoms with E-state index >= 15 is 0 Å². The zero-order chi connectivity index (χ0) is 23.4. The number of carbonyl (C=O) groups excluding carboxylic acids is 1. The van der Waals surface area contributed by atoms with Crippen LogP contribution >= 0.6 is 11.6 Å². The van der Waals surface area contributed by atoms with Crippen molar-refractivity contribution < 1.29 is 22.3 Å². The van der Waals surface area contributed by atoms with E-state index in [1.54, 1.807) is 12.1 Å². The van der Waals surface area contributed by atoms with E-state index in [0.717, 1.165) is 68.5 Å². The molecule has 1 spiro atoms. The monoisotopic (exact) mass is 492 g/mol. The summed E-state index contributed by atoms with van der Waals surface area (Å²) in [6.45, 7) is 1.83. The summed E-state index contributed by atoms with van der Waals surface area (Å²) in [4.78, 5) is 14.7. The Morgan fingerprint density at radius 1 is 1.18 bits per heavy atom. The number of ether oxygens (including phenoxy) is 1. The lowest BCUT2D eigenvalue weighted by atomic mass is 9.64. The minimum Gasteiger partial charge on any atom is -0.490 e. The number of nitrogens with one attached hydrogen (secondary N) is 1. The van der Waals surface area contributed by atoms with E-state index in [1.807, 2.05) is 0 Å². The fourth-order valence-corrected chi connectivity index (χ4v) is 6.42. The van der Waals surface area contributed by atoms with Crippen LogP contribution < -0.4 is 9.46 Å². The van der Waals surface area contributed by atoms with Gasteiger partial charge in [-0.3, -0.25) is 9.52 Å². The summed E-state index contributed by atoms with van der Waals surface area (Å²) in [6, 6.07) is 6.80. The number of sulfonamides is 1. The van der Waals surface area contributed by atoms with Crippen molar-refractivity contribution in [2.75, 3.05) is 24.9 Å². The Labute approximate surface area is 198 Å². The smallest absolute Gasteiger partial charge is 0.264 e. The van der Waals surface area contributed by atoms with Crippen molar-refractivity contribution in [3.8, 4) is 5.75 Å². The molecule has 0 atom stereocenters. The van der Waals surface area contributed by atoms with Crippen molar-refractivity contribution in [3.63, 3.8) is 0 Å². The molecule has 2 aromatic rings. The van der Waals surface area contributed by atoms with Crippen LogP contribution in [0.5, 0.6) is 5.75 Å². The van der Waals surface area contributed by atoms with Crippen molar-refractivity contribution in [1.29, 1.82) is 0 Å². The standard InChI is InChI=1S/C24H26ClFN2O4S/c1-28-9-5-17(6-10-28)32-21-13-16(12-19-18(21)14-23(29)24(19)7-2-8-24)27-33(30,31)22-4-3-15(25)11-20(22)26/h3-4,11-13,17,27H,2,5-10,14H2,1H3. The maximum atomic E-state index is 14.3. The van der Waals surface area contributed by atoms with E-state index in [0.29, 0.717) is 12.2 Å². The molecular weight excluding hydrogens is 467 g/mol. The third-order valence-electron chi connectivity index (χ3n) is 7.20. The number of piperidine rings is 1. The second kappa shape index (κ2) is 8.25. The molecular formula is C24H26ClFN2O4S. The lowest BCUT2D eigenvalue weighted by Gasteiger charge is -2.38. The highest BCUT2D eigenvalue weighted by molar-refractivity contribution is 7.92. The zero-order valence-corrected chi connectivity index (χ0v) is 19.9. The quantitative estimate of drug-likeness (QED) is 0.673. The molecule has 0 unspecified atom stereocenters. The van der Waals surface area contributed by atoms with Gasteiger partial charge in [-0.2, -0.15) is 0 Å². The Morgan fingerprint density at radius 2 is 1.91 bits per heavy atom. The molecule has 1 N–H and O–H groups in total. The third-order valence-corrected chi connectivity index (χ3v) is 8.85. The predicted molar refractivity (Wildman–Crippen MR) is 124 cm³/mol. The molecule has 9 heteroatoms. The molecule has 2 aliphatic carbocycles. The maximum absolute atomic E-state index is 14.3. The highest BCUT2D eigenvalue weighted by atomic mass is 35.5. The number of likely N-dealkylation sites (tertiary alicyclic amines) is 1. The van der Waals surface area contributed by atoms with Crippen molar-refractivity contribution in [2.45, 2.75) is 54.9 Å².